The van der Waals surface area contributed by atoms with Gasteiger partial charge in [-0.25, -0.2) is 0 Å². The van der Waals surface area contributed by atoms with Crippen molar-refractivity contribution in [3.05, 3.63) is 29.3 Å². The molecule has 0 aromatic heterocycles. The van der Waals surface area contributed by atoms with Gasteiger partial charge in [0.25, 0.3) is 0 Å². The Kier molecular flexibility index (Phi) is 2.62. The summed E-state index contributed by atoms with van der Waals surface area (Å²) in [6.07, 6.45) is 5.67. The molecule has 3 atom stereocenters. The molecule has 0 saturated heterocycles. The van der Waals surface area contributed by atoms with Crippen LogP contribution in [0.25, 0.3) is 0 Å². The van der Waals surface area contributed by atoms with E-state index in [1.54, 1.807) is 0 Å². The van der Waals surface area contributed by atoms with Crippen molar-refractivity contribution in [2.75, 3.05) is 6.61 Å². The van der Waals surface area contributed by atoms with E-state index in [1.165, 1.54) is 12.0 Å². The number of fused-ring (bicyclic) bond motifs is 3. The third-order valence-electron chi connectivity index (χ3n) is 6.89. The number of ether oxygens (including phenoxy) is 1. The van der Waals surface area contributed by atoms with Crippen LogP contribution >= 0.6 is 0 Å². The summed E-state index contributed by atoms with van der Waals surface area (Å²) in [6.45, 7) is 7.57. The number of hydrogen-bond acceptors (Lipinski definition) is 2. The van der Waals surface area contributed by atoms with Crippen molar-refractivity contribution in [1.29, 1.82) is 0 Å². The fraction of sp³-hybridized carbons (Fsp3) is 0.684. The summed E-state index contributed by atoms with van der Waals surface area (Å²) in [6, 6.07) is 6.37. The van der Waals surface area contributed by atoms with Crippen molar-refractivity contribution in [2.45, 2.75) is 58.5 Å². The maximum Gasteiger partial charge on any atom is 0.128 e. The fourth-order valence-electron chi connectivity index (χ4n) is 5.60. The van der Waals surface area contributed by atoms with Gasteiger partial charge in [-0.3, -0.25) is 0 Å². The van der Waals surface area contributed by atoms with Crippen LogP contribution in [-0.4, -0.2) is 11.7 Å². The molecular weight excluding hydrogens is 260 g/mol. The molecule has 0 radical (unpaired) electrons. The lowest BCUT2D eigenvalue weighted by Gasteiger charge is -2.51. The van der Waals surface area contributed by atoms with Crippen LogP contribution in [0.1, 0.15) is 57.6 Å². The summed E-state index contributed by atoms with van der Waals surface area (Å²) in [4.78, 5) is 0. The molecule has 1 aromatic carbocycles. The molecule has 2 heteroatoms. The number of aliphatic hydroxyl groups is 1. The minimum absolute atomic E-state index is 0.0168. The predicted molar refractivity (Wildman–Crippen MR) is 83.4 cm³/mol. The molecule has 114 valence electrons. The average Bonchev–Trinajstić information content (AvgIpc) is 2.95. The zero-order chi connectivity index (χ0) is 14.9. The Balaban J connectivity index is 1.93. The van der Waals surface area contributed by atoms with Crippen LogP contribution in [-0.2, 0) is 12.0 Å². The van der Waals surface area contributed by atoms with E-state index in [0.717, 1.165) is 43.6 Å². The van der Waals surface area contributed by atoms with Gasteiger partial charge in [0.15, 0.2) is 0 Å². The van der Waals surface area contributed by atoms with E-state index >= 15 is 0 Å². The number of para-hydroxylation sites is 1. The van der Waals surface area contributed by atoms with Crippen molar-refractivity contribution >= 4 is 0 Å². The molecule has 1 aromatic rings. The zero-order valence-corrected chi connectivity index (χ0v) is 13.4. The van der Waals surface area contributed by atoms with Crippen LogP contribution in [0.4, 0.5) is 0 Å². The summed E-state index contributed by atoms with van der Waals surface area (Å²) in [7, 11) is 0. The smallest absolute Gasteiger partial charge is 0.128 e. The second-order valence-electron chi connectivity index (χ2n) is 8.18. The van der Waals surface area contributed by atoms with E-state index in [2.05, 4.69) is 39.0 Å². The van der Waals surface area contributed by atoms with Gasteiger partial charge in [-0.15, -0.1) is 0 Å². The Bertz CT molecular complexity index is 584. The monoisotopic (exact) mass is 286 g/mol. The molecule has 2 fully saturated rings. The van der Waals surface area contributed by atoms with Gasteiger partial charge in [0.05, 0.1) is 6.61 Å². The first-order chi connectivity index (χ1) is 9.90. The fourth-order valence-corrected chi connectivity index (χ4v) is 5.60. The lowest BCUT2D eigenvalue weighted by molar-refractivity contribution is -0.152. The predicted octanol–water partition coefficient (Wildman–Crippen LogP) is 4.05. The summed E-state index contributed by atoms with van der Waals surface area (Å²) >= 11 is 0. The minimum atomic E-state index is -0.772. The van der Waals surface area contributed by atoms with E-state index in [0.29, 0.717) is 5.92 Å². The van der Waals surface area contributed by atoms with Gasteiger partial charge < -0.3 is 9.84 Å². The highest BCUT2D eigenvalue weighted by atomic mass is 16.5. The number of aryl methyl sites for hydroxylation is 1. The van der Waals surface area contributed by atoms with Gasteiger partial charge in [0, 0.05) is 16.4 Å². The highest BCUT2D eigenvalue weighted by Crippen LogP contribution is 2.72. The molecule has 21 heavy (non-hydrogen) atoms. The Labute approximate surface area is 127 Å². The van der Waals surface area contributed by atoms with Crippen molar-refractivity contribution in [2.24, 2.45) is 16.7 Å². The first kappa shape index (κ1) is 13.6. The van der Waals surface area contributed by atoms with E-state index in [9.17, 15) is 5.11 Å². The van der Waals surface area contributed by atoms with Crippen LogP contribution in [0.5, 0.6) is 5.75 Å². The average molecular weight is 286 g/mol. The van der Waals surface area contributed by atoms with Gasteiger partial charge in [0.1, 0.15) is 11.4 Å². The largest absolute Gasteiger partial charge is 0.493 e. The molecule has 1 heterocycles. The number of benzene rings is 1. The van der Waals surface area contributed by atoms with E-state index < -0.39 is 5.60 Å². The van der Waals surface area contributed by atoms with Crippen LogP contribution < -0.4 is 4.74 Å². The molecule has 1 N–H and O–H groups in total. The maximum atomic E-state index is 11.9. The molecule has 2 nitrogen and oxygen atoms in total. The quantitative estimate of drug-likeness (QED) is 0.844. The SMILES string of the molecule is CC12CCC(C1)C(C)(C)C2(O)c1cccc2c1OCCC2. The van der Waals surface area contributed by atoms with Gasteiger partial charge in [-0.2, -0.15) is 0 Å². The summed E-state index contributed by atoms with van der Waals surface area (Å²) < 4.78 is 6.02. The minimum Gasteiger partial charge on any atom is -0.493 e. The first-order valence-electron chi connectivity index (χ1n) is 8.38. The topological polar surface area (TPSA) is 29.5 Å². The molecule has 1 aliphatic heterocycles. The lowest BCUT2D eigenvalue weighted by Crippen LogP contribution is -2.51. The van der Waals surface area contributed by atoms with Crippen molar-refractivity contribution in [3.8, 4) is 5.75 Å². The lowest BCUT2D eigenvalue weighted by atomic mass is 9.57. The maximum absolute atomic E-state index is 11.9. The van der Waals surface area contributed by atoms with Gasteiger partial charge in [0.2, 0.25) is 0 Å². The number of hydrogen-bond donors (Lipinski definition) is 1. The van der Waals surface area contributed by atoms with Crippen LogP contribution in [0, 0.1) is 16.7 Å². The third kappa shape index (κ3) is 1.47. The Hall–Kier alpha value is -1.02. The first-order valence-corrected chi connectivity index (χ1v) is 8.38. The van der Waals surface area contributed by atoms with Crippen LogP contribution in [0.15, 0.2) is 18.2 Å². The van der Waals surface area contributed by atoms with E-state index in [4.69, 9.17) is 4.74 Å². The molecule has 4 rings (SSSR count). The van der Waals surface area contributed by atoms with Gasteiger partial charge in [-0.1, -0.05) is 39.0 Å². The normalized spacial score (nSPS) is 39.9. The number of rotatable bonds is 1. The molecule has 3 unspecified atom stereocenters. The van der Waals surface area contributed by atoms with E-state index in [-0.39, 0.29) is 10.8 Å². The molecular formula is C19H26O2. The molecule has 3 aliphatic rings. The van der Waals surface area contributed by atoms with Gasteiger partial charge >= 0.3 is 0 Å². The third-order valence-corrected chi connectivity index (χ3v) is 6.89. The Morgan fingerprint density at radius 2 is 2.05 bits per heavy atom. The van der Waals surface area contributed by atoms with Crippen LogP contribution in [0.2, 0.25) is 0 Å². The highest BCUT2D eigenvalue weighted by molar-refractivity contribution is 5.49. The highest BCUT2D eigenvalue weighted by Gasteiger charge is 2.69. The van der Waals surface area contributed by atoms with Crippen molar-refractivity contribution < 1.29 is 9.84 Å². The summed E-state index contributed by atoms with van der Waals surface area (Å²) in [5.41, 5.74) is 1.45. The molecule has 0 spiro atoms. The molecule has 2 bridgehead atoms. The molecule has 0 amide bonds. The summed E-state index contributed by atoms with van der Waals surface area (Å²) in [5.74, 6) is 1.60. The zero-order valence-electron chi connectivity index (χ0n) is 13.4. The van der Waals surface area contributed by atoms with E-state index in [1.807, 2.05) is 0 Å². The van der Waals surface area contributed by atoms with Crippen molar-refractivity contribution in [3.63, 3.8) is 0 Å². The van der Waals surface area contributed by atoms with Crippen molar-refractivity contribution in [1.82, 2.24) is 0 Å². The summed E-state index contributed by atoms with van der Waals surface area (Å²) in [5, 5.41) is 11.9. The standard InChI is InChI=1S/C19H26O2/c1-17(2)14-9-10-18(3,12-14)19(17,20)15-8-4-6-13-7-5-11-21-16(13)15/h4,6,8,14,20H,5,7,9-12H2,1-3H3. The van der Waals surface area contributed by atoms with Gasteiger partial charge in [-0.05, 0) is 43.6 Å². The Morgan fingerprint density at radius 3 is 2.76 bits per heavy atom. The second kappa shape index (κ2) is 4.04. The molecule has 2 saturated carbocycles. The second-order valence-corrected chi connectivity index (χ2v) is 8.18. The molecule has 2 aliphatic carbocycles. The van der Waals surface area contributed by atoms with Crippen LogP contribution in [0.3, 0.4) is 0 Å². The Morgan fingerprint density at radius 1 is 1.24 bits per heavy atom.